The van der Waals surface area contributed by atoms with Gasteiger partial charge in [-0.1, -0.05) is 48.5 Å². The van der Waals surface area contributed by atoms with E-state index in [-0.39, 0.29) is 12.4 Å². The molecule has 0 spiro atoms. The molecule has 26 heavy (non-hydrogen) atoms. The average molecular weight is 369 g/mol. The number of benzene rings is 2. The van der Waals surface area contributed by atoms with Crippen LogP contribution in [0.15, 0.2) is 72.1 Å². The van der Waals surface area contributed by atoms with Gasteiger partial charge in [-0.25, -0.2) is 9.18 Å². The van der Waals surface area contributed by atoms with Crippen LogP contribution in [0.3, 0.4) is 0 Å². The smallest absolute Gasteiger partial charge is 0.349 e. The highest BCUT2D eigenvalue weighted by molar-refractivity contribution is 7.11. The number of amides is 1. The number of rotatable bonds is 6. The zero-order chi connectivity index (χ0) is 18.4. The van der Waals surface area contributed by atoms with E-state index in [2.05, 4.69) is 5.32 Å². The molecule has 0 saturated heterocycles. The third-order valence-electron chi connectivity index (χ3n) is 3.67. The van der Waals surface area contributed by atoms with Crippen molar-refractivity contribution < 1.29 is 18.7 Å². The molecule has 1 atom stereocenters. The van der Waals surface area contributed by atoms with Crippen molar-refractivity contribution in [1.82, 2.24) is 5.32 Å². The normalized spacial score (nSPS) is 11.6. The van der Waals surface area contributed by atoms with Gasteiger partial charge in [0.05, 0.1) is 0 Å². The lowest BCUT2D eigenvalue weighted by atomic mass is 10.1. The largest absolute Gasteiger partial charge is 0.443 e. The van der Waals surface area contributed by atoms with Crippen LogP contribution in [0.1, 0.15) is 26.9 Å². The van der Waals surface area contributed by atoms with Crippen molar-refractivity contribution in [2.45, 2.75) is 12.6 Å². The van der Waals surface area contributed by atoms with Crippen molar-refractivity contribution in [2.24, 2.45) is 0 Å². The predicted octanol–water partition coefficient (Wildman–Crippen LogP) is 4.10. The maximum absolute atomic E-state index is 13.0. The molecule has 1 aromatic heterocycles. The molecule has 0 radical (unpaired) electrons. The van der Waals surface area contributed by atoms with Crippen LogP contribution in [0.4, 0.5) is 4.39 Å². The summed E-state index contributed by atoms with van der Waals surface area (Å²) in [5.41, 5.74) is 1.32. The summed E-state index contributed by atoms with van der Waals surface area (Å²) >= 11 is 1.25. The van der Waals surface area contributed by atoms with Crippen LogP contribution < -0.4 is 5.32 Å². The number of hydrogen-bond donors (Lipinski definition) is 1. The summed E-state index contributed by atoms with van der Waals surface area (Å²) in [6.45, 7) is 0.207. The van der Waals surface area contributed by atoms with Gasteiger partial charge in [-0.2, -0.15) is 0 Å². The van der Waals surface area contributed by atoms with E-state index < -0.39 is 18.0 Å². The highest BCUT2D eigenvalue weighted by Crippen LogP contribution is 2.21. The van der Waals surface area contributed by atoms with Gasteiger partial charge in [0.2, 0.25) is 6.10 Å². The second-order valence-electron chi connectivity index (χ2n) is 5.52. The third-order valence-corrected chi connectivity index (χ3v) is 4.52. The molecule has 0 aliphatic rings. The van der Waals surface area contributed by atoms with E-state index in [0.29, 0.717) is 10.4 Å². The van der Waals surface area contributed by atoms with Gasteiger partial charge in [0.25, 0.3) is 5.91 Å². The number of carbonyl (C=O) groups excluding carboxylic acids is 2. The second-order valence-corrected chi connectivity index (χ2v) is 6.47. The fourth-order valence-electron chi connectivity index (χ4n) is 2.34. The number of thiophene rings is 1. The maximum Gasteiger partial charge on any atom is 0.349 e. The number of nitrogens with one attached hydrogen (secondary N) is 1. The number of ether oxygens (including phenoxy) is 1. The summed E-state index contributed by atoms with van der Waals surface area (Å²) < 4.78 is 18.4. The van der Waals surface area contributed by atoms with Gasteiger partial charge >= 0.3 is 5.97 Å². The number of hydrogen-bond acceptors (Lipinski definition) is 4. The SMILES string of the molecule is O=C(OC(C(=O)NCc1ccc(F)cc1)c1ccccc1)c1cccs1. The van der Waals surface area contributed by atoms with E-state index in [9.17, 15) is 14.0 Å². The molecule has 0 aliphatic carbocycles. The first kappa shape index (κ1) is 17.8. The Morgan fingerprint density at radius 1 is 1.00 bits per heavy atom. The van der Waals surface area contributed by atoms with Crippen molar-refractivity contribution in [2.75, 3.05) is 0 Å². The summed E-state index contributed by atoms with van der Waals surface area (Å²) in [4.78, 5) is 25.3. The topological polar surface area (TPSA) is 55.4 Å². The van der Waals surface area contributed by atoms with Crippen LogP contribution in [0.5, 0.6) is 0 Å². The first-order valence-electron chi connectivity index (χ1n) is 7.95. The zero-order valence-electron chi connectivity index (χ0n) is 13.7. The van der Waals surface area contributed by atoms with Gasteiger partial charge in [-0.05, 0) is 29.1 Å². The molecular formula is C20H16FNO3S. The van der Waals surface area contributed by atoms with Crippen molar-refractivity contribution in [3.8, 4) is 0 Å². The number of halogens is 1. The van der Waals surface area contributed by atoms with Crippen LogP contribution in [0, 0.1) is 5.82 Å². The Morgan fingerprint density at radius 2 is 1.73 bits per heavy atom. The van der Waals surface area contributed by atoms with Gasteiger partial charge in [0.1, 0.15) is 10.7 Å². The van der Waals surface area contributed by atoms with Crippen LogP contribution in [-0.4, -0.2) is 11.9 Å². The lowest BCUT2D eigenvalue weighted by Crippen LogP contribution is -2.31. The molecule has 0 saturated carbocycles. The van der Waals surface area contributed by atoms with Crippen molar-refractivity contribution in [3.63, 3.8) is 0 Å². The molecule has 3 rings (SSSR count). The van der Waals surface area contributed by atoms with Gasteiger partial charge < -0.3 is 10.1 Å². The summed E-state index contributed by atoms with van der Waals surface area (Å²) in [5.74, 6) is -1.33. The van der Waals surface area contributed by atoms with Gasteiger partial charge in [-0.3, -0.25) is 4.79 Å². The summed E-state index contributed by atoms with van der Waals surface area (Å²) in [6, 6.07) is 18.0. The van der Waals surface area contributed by atoms with Gasteiger partial charge in [0, 0.05) is 12.1 Å². The molecule has 0 fully saturated rings. The second kappa shape index (κ2) is 8.40. The van der Waals surface area contributed by atoms with E-state index >= 15 is 0 Å². The van der Waals surface area contributed by atoms with Gasteiger partial charge in [-0.15, -0.1) is 11.3 Å². The molecule has 3 aromatic rings. The lowest BCUT2D eigenvalue weighted by Gasteiger charge is -2.17. The highest BCUT2D eigenvalue weighted by atomic mass is 32.1. The molecule has 6 heteroatoms. The first-order valence-corrected chi connectivity index (χ1v) is 8.83. The molecule has 1 N–H and O–H groups in total. The zero-order valence-corrected chi connectivity index (χ0v) is 14.5. The van der Waals surface area contributed by atoms with Crippen molar-refractivity contribution in [1.29, 1.82) is 0 Å². The minimum absolute atomic E-state index is 0.207. The van der Waals surface area contributed by atoms with Crippen molar-refractivity contribution in [3.05, 3.63) is 93.9 Å². The Labute approximate surface area is 154 Å². The Kier molecular flexibility index (Phi) is 5.76. The van der Waals surface area contributed by atoms with E-state index in [4.69, 9.17) is 4.74 Å². The van der Waals surface area contributed by atoms with E-state index in [1.807, 2.05) is 6.07 Å². The van der Waals surface area contributed by atoms with Crippen LogP contribution in [-0.2, 0) is 16.1 Å². The van der Waals surface area contributed by atoms with Crippen LogP contribution >= 0.6 is 11.3 Å². The summed E-state index contributed by atoms with van der Waals surface area (Å²) in [6.07, 6.45) is -1.06. The van der Waals surface area contributed by atoms with Crippen LogP contribution in [0.2, 0.25) is 0 Å². The Balaban J connectivity index is 1.73. The standard InChI is InChI=1S/C20H16FNO3S/c21-16-10-8-14(9-11-16)13-22-19(23)18(15-5-2-1-3-6-15)25-20(24)17-7-4-12-26-17/h1-12,18H,13H2,(H,22,23). The fraction of sp³-hybridized carbons (Fsp3) is 0.100. The van der Waals surface area contributed by atoms with E-state index in [1.165, 1.54) is 23.5 Å². The average Bonchev–Trinajstić information content (AvgIpc) is 3.21. The fourth-order valence-corrected chi connectivity index (χ4v) is 2.95. The first-order chi connectivity index (χ1) is 12.6. The lowest BCUT2D eigenvalue weighted by molar-refractivity contribution is -0.130. The minimum Gasteiger partial charge on any atom is -0.443 e. The Hall–Kier alpha value is -2.99. The summed E-state index contributed by atoms with van der Waals surface area (Å²) in [7, 11) is 0. The molecular weight excluding hydrogens is 353 g/mol. The minimum atomic E-state index is -1.06. The third kappa shape index (κ3) is 4.55. The molecule has 1 unspecified atom stereocenters. The van der Waals surface area contributed by atoms with E-state index in [0.717, 1.165) is 5.56 Å². The molecule has 1 heterocycles. The molecule has 2 aromatic carbocycles. The molecule has 132 valence electrons. The van der Waals surface area contributed by atoms with Crippen molar-refractivity contribution >= 4 is 23.2 Å². The monoisotopic (exact) mass is 369 g/mol. The number of carbonyl (C=O) groups is 2. The highest BCUT2D eigenvalue weighted by Gasteiger charge is 2.25. The Bertz CT molecular complexity index is 864. The summed E-state index contributed by atoms with van der Waals surface area (Å²) in [5, 5.41) is 4.50. The maximum atomic E-state index is 13.0. The molecule has 0 aliphatic heterocycles. The predicted molar refractivity (Wildman–Crippen MR) is 97.2 cm³/mol. The Morgan fingerprint density at radius 3 is 2.38 bits per heavy atom. The molecule has 1 amide bonds. The van der Waals surface area contributed by atoms with Crippen LogP contribution in [0.25, 0.3) is 0 Å². The quantitative estimate of drug-likeness (QED) is 0.666. The number of esters is 1. The van der Waals surface area contributed by atoms with Gasteiger partial charge in [0.15, 0.2) is 0 Å². The molecule has 4 nitrogen and oxygen atoms in total. The van der Waals surface area contributed by atoms with E-state index in [1.54, 1.807) is 53.9 Å². The molecule has 0 bridgehead atoms.